The number of likely N-dealkylation sites (N-methyl/N-ethyl adjacent to an activating group) is 2. The molecule has 6 aliphatic rings. The van der Waals surface area contributed by atoms with Gasteiger partial charge in [0.1, 0.15) is 0 Å². The van der Waals surface area contributed by atoms with Crippen LogP contribution in [0.15, 0.2) is 185 Å². The van der Waals surface area contributed by atoms with Gasteiger partial charge in [-0.25, -0.2) is 0 Å². The van der Waals surface area contributed by atoms with Crippen molar-refractivity contribution in [3.63, 3.8) is 0 Å². The van der Waals surface area contributed by atoms with Crippen molar-refractivity contribution < 1.29 is 89.6 Å². The summed E-state index contributed by atoms with van der Waals surface area (Å²) >= 11 is -0.279. The number of amides is 8. The molecule has 23 nitrogen and oxygen atoms in total. The molecule has 12 aromatic rings. The zero-order valence-corrected chi connectivity index (χ0v) is 79.7. The van der Waals surface area contributed by atoms with Gasteiger partial charge in [0.25, 0.3) is 0 Å². The molecule has 8 amide bonds. The van der Waals surface area contributed by atoms with Gasteiger partial charge in [0.05, 0.1) is 0 Å². The molecule has 0 saturated carbocycles. The number of nitrogens with zero attached hydrogens (tertiary/aromatic N) is 2. The summed E-state index contributed by atoms with van der Waals surface area (Å²) in [6, 6.07) is 43.5. The van der Waals surface area contributed by atoms with Crippen LogP contribution in [-0.4, -0.2) is 224 Å². The number of aromatic carboxylic acids is 2. The van der Waals surface area contributed by atoms with Crippen LogP contribution in [0.3, 0.4) is 0 Å². The van der Waals surface area contributed by atoms with E-state index in [9.17, 15) is 74.3 Å². The fourth-order valence-corrected chi connectivity index (χ4v) is 24.2. The summed E-state index contributed by atoms with van der Waals surface area (Å²) in [5.41, 5.74) is 10.3. The van der Waals surface area contributed by atoms with Gasteiger partial charge in [-0.05, 0) is 0 Å². The van der Waals surface area contributed by atoms with Crippen molar-refractivity contribution >= 4 is 239 Å². The van der Waals surface area contributed by atoms with Gasteiger partial charge < -0.3 is 0 Å². The molecule has 1 unspecified atom stereocenters. The van der Waals surface area contributed by atoms with E-state index in [2.05, 4.69) is 85.0 Å². The molecule has 0 saturated heterocycles. The van der Waals surface area contributed by atoms with E-state index in [1.807, 2.05) is 47.4 Å². The molecule has 0 bridgehead atoms. The average molecular weight is 2160 g/mol. The number of aliphatic hydroxyl groups excluding tert-OH is 1. The van der Waals surface area contributed by atoms with E-state index in [1.165, 1.54) is 91.0 Å². The summed E-state index contributed by atoms with van der Waals surface area (Å²) in [5, 5.41) is 49.1. The molecular weight excluding hydrogens is 2080 g/mol. The first-order chi connectivity index (χ1) is 62.5. The second kappa shape index (κ2) is 44.2. The normalized spacial score (nSPS) is 15.4. The van der Waals surface area contributed by atoms with Crippen molar-refractivity contribution in [1.29, 1.82) is 0 Å². The molecule has 666 valence electrons. The number of nitrogens with one attached hydrogen (secondary N) is 8. The first kappa shape index (κ1) is 95.8. The average Bonchev–Trinajstić information content (AvgIpc) is 1.66. The molecule has 1 atom stereocenters. The third-order valence-electron chi connectivity index (χ3n) is 20.7. The van der Waals surface area contributed by atoms with Crippen molar-refractivity contribution in [1.82, 2.24) is 20.4 Å². The molecule has 0 radical (unpaired) electrons. The molecule has 0 fully saturated rings. The zero-order valence-electron chi connectivity index (χ0n) is 69.5. The van der Waals surface area contributed by atoms with Crippen LogP contribution in [0, 0.1) is 34.9 Å². The Morgan fingerprint density at radius 1 is 0.385 bits per heavy atom. The van der Waals surface area contributed by atoms with Gasteiger partial charge in [-0.3, -0.25) is 0 Å². The summed E-state index contributed by atoms with van der Waals surface area (Å²) in [6.07, 6.45) is 9.23. The van der Waals surface area contributed by atoms with Crippen LogP contribution in [0.1, 0.15) is 137 Å². The number of halogens is 6. The van der Waals surface area contributed by atoms with Crippen molar-refractivity contribution in [3.05, 3.63) is 304 Å². The molecule has 6 aromatic heterocycles. The molecular formula is C95H80F6N10O13Se6. The molecule has 6 aromatic carbocycles. The third-order valence-corrected chi connectivity index (χ3v) is 32.7. The second-order valence-electron chi connectivity index (χ2n) is 29.1. The minimum absolute atomic E-state index is 0.0328. The Morgan fingerprint density at radius 2 is 0.754 bits per heavy atom. The number of aliphatic hydroxyl groups is 1. The maximum atomic E-state index is 13.5. The van der Waals surface area contributed by atoms with Crippen LogP contribution in [0.5, 0.6) is 0 Å². The van der Waals surface area contributed by atoms with E-state index in [-0.39, 0.29) is 176 Å². The van der Waals surface area contributed by atoms with Gasteiger partial charge in [0.2, 0.25) is 0 Å². The molecule has 35 heteroatoms. The number of carboxylic acids is 2. The van der Waals surface area contributed by atoms with Crippen LogP contribution < -0.4 is 42.5 Å². The zero-order chi connectivity index (χ0) is 92.6. The van der Waals surface area contributed by atoms with Crippen molar-refractivity contribution in [3.8, 4) is 0 Å². The number of carbonyl (C=O) groups is 10. The van der Waals surface area contributed by atoms with Gasteiger partial charge in [-0.15, -0.1) is 0 Å². The van der Waals surface area contributed by atoms with Gasteiger partial charge >= 0.3 is 784 Å². The summed E-state index contributed by atoms with van der Waals surface area (Å²) in [6.45, 7) is 15.2. The molecule has 0 aliphatic carbocycles. The number of carboxylic acid groups (broad SMARTS) is 2. The maximum absolute atomic E-state index is 13.5. The van der Waals surface area contributed by atoms with Crippen LogP contribution in [0.4, 0.5) is 60.5 Å². The predicted octanol–water partition coefficient (Wildman–Crippen LogP) is 13.1. The Bertz CT molecular complexity index is 6280. The van der Waals surface area contributed by atoms with Crippen LogP contribution >= 0.6 is 0 Å². The van der Waals surface area contributed by atoms with E-state index in [4.69, 9.17) is 15.3 Å². The molecule has 18 rings (SSSR count). The molecule has 0 spiro atoms. The quantitative estimate of drug-likeness (QED) is 0.0171. The number of hydrogen-bond acceptors (Lipinski definition) is 13. The number of rotatable bonds is 22. The Balaban J connectivity index is 0.000000134. The topological polar surface area (TPSA) is 334 Å². The Labute approximate surface area is 777 Å². The van der Waals surface area contributed by atoms with Gasteiger partial charge in [0.15, 0.2) is 0 Å². The van der Waals surface area contributed by atoms with Crippen LogP contribution in [0.2, 0.25) is 0 Å². The molecule has 130 heavy (non-hydrogen) atoms. The fourth-order valence-electron chi connectivity index (χ4n) is 14.0. The fraction of sp³-hybridized carbons (Fsp3) is 0.158. The van der Waals surface area contributed by atoms with Crippen molar-refractivity contribution in [2.24, 2.45) is 0 Å². The van der Waals surface area contributed by atoms with Crippen LogP contribution in [-0.2, 0) is 41.8 Å². The Hall–Kier alpha value is -11.8. The van der Waals surface area contributed by atoms with Crippen LogP contribution in [0.25, 0.3) is 58.2 Å². The molecule has 6 aliphatic heterocycles. The minimum atomic E-state index is -0.984. The Kier molecular flexibility index (Phi) is 32.5. The Morgan fingerprint density at radius 3 is 1.13 bits per heavy atom. The number of anilines is 6. The van der Waals surface area contributed by atoms with E-state index in [1.54, 1.807) is 71.7 Å². The van der Waals surface area contributed by atoms with Gasteiger partial charge in [0, 0.05) is 0 Å². The van der Waals surface area contributed by atoms with Crippen molar-refractivity contribution in [2.45, 2.75) is 46.6 Å². The van der Waals surface area contributed by atoms with Gasteiger partial charge in [-0.1, -0.05) is 0 Å². The van der Waals surface area contributed by atoms with Crippen molar-refractivity contribution in [2.75, 3.05) is 84.3 Å². The standard InChI is InChI=1S/2C20H22FN3O2Se.2C14H8FNO3Se.C14H12FNO2Se.C13H8FNOSe/c1-3-24(4-2)10-9-22-20(26)18-8-6-14(27-18)12-16-15-11-13(21)5-7-17(15)23-19(16)25;1-3-24(4-2)8-7-22-19(25)13-9-15(27-12-13)11-17-16-10-14(21)5-6-18(16)23-20(17)26;15-7-1-3-11-9(5-7)10(13(17)16-11)6-8-2-4-12(20-8)14(18)19;15-8-1-2-12-10(4-8)11(13(17)16-12)5-9-3-7(6-20-9)14(18)19;15-8-1-4-13-11(5-8)12(14(18)16-13)6-9-2-3-10(7-17)19-9;14-8-3-4-12-10(6-8)11(13(16)15-12)7-9-2-1-5-17-9/h5-8,11-12H,3-4,9-10H2,1-2H3,(H,22,26)(H,23,25);5-6,9-12H,3-4,7-8H2,1-2H3,(H,22,25)(H,23,26);2*1-6H,(H,16,17)(H,18,19);1-5,12,17H,6-7H2,(H,16,18);1-7H,(H,15,16)/b16-12-;17-11-;10-6-;11-5-;;11-7-. The van der Waals surface area contributed by atoms with Gasteiger partial charge in [-0.2, -0.15) is 0 Å². The number of hydrogen-bond donors (Lipinski definition) is 11. The third kappa shape index (κ3) is 24.2. The summed E-state index contributed by atoms with van der Waals surface area (Å²) < 4.78 is 87.8. The first-order valence-corrected chi connectivity index (χ1v) is 51.0. The van der Waals surface area contributed by atoms with E-state index < -0.39 is 23.6 Å². The summed E-state index contributed by atoms with van der Waals surface area (Å²) in [7, 11) is 0. The summed E-state index contributed by atoms with van der Waals surface area (Å²) in [5.74, 6) is -5.96. The number of fused-ring (bicyclic) bond motifs is 6. The van der Waals surface area contributed by atoms with E-state index in [0.29, 0.717) is 119 Å². The summed E-state index contributed by atoms with van der Waals surface area (Å²) in [4.78, 5) is 128. The first-order valence-electron chi connectivity index (χ1n) is 40.3. The second-order valence-corrected chi connectivity index (χ2v) is 42.4. The SMILES string of the molecule is CCN(CC)CCNC(=O)c1c[se]c(/C=C2\C(=O)Nc3ccc(F)cc32)c1.CCN(CC)CCNC(=O)c1ccc(/C=C2\C(=O)Nc3ccc(F)cc32)[se]1.O=C1Nc2ccc(F)cc2/C1=C/c1cc(C(=O)O)c[se]1.O=C1Nc2ccc(F)cc2/C1=C/c1ccc(C(=O)O)[se]1.O=C1Nc2ccc(F)cc2/C1=C/c1ccc[se]1.O=C1Nc2ccc(F)cc2C1Cc1ccc(CO)[se]1. The van der Waals surface area contributed by atoms with E-state index in [0.717, 1.165) is 80.3 Å². The molecule has 11 N–H and O–H groups in total. The number of carbonyl (C=O) groups excluding carboxylic acids is 8. The number of benzene rings is 6. The monoisotopic (exact) mass is 2160 g/mol. The van der Waals surface area contributed by atoms with E-state index >= 15 is 0 Å². The molecule has 12 heterocycles. The predicted molar refractivity (Wildman–Crippen MR) is 496 cm³/mol.